The number of hydrogen-bond acceptors (Lipinski definition) is 1. The summed E-state index contributed by atoms with van der Waals surface area (Å²) in [6.07, 6.45) is 1.83. The van der Waals surface area contributed by atoms with Gasteiger partial charge in [0.2, 0.25) is 7.14 Å². The van der Waals surface area contributed by atoms with E-state index in [0.29, 0.717) is 5.92 Å². The summed E-state index contributed by atoms with van der Waals surface area (Å²) in [5.74, 6) is 3.76. The van der Waals surface area contributed by atoms with Crippen molar-refractivity contribution >= 4 is 17.8 Å². The topological polar surface area (TPSA) is 17.1 Å². The van der Waals surface area contributed by atoms with Crippen LogP contribution < -0.4 is 10.6 Å². The molecule has 2 heteroatoms. The maximum atomic E-state index is 13.5. The number of hydrogen-bond donors (Lipinski definition) is 0. The second-order valence-corrected chi connectivity index (χ2v) is 7.98. The highest BCUT2D eigenvalue weighted by Crippen LogP contribution is 2.41. The lowest BCUT2D eigenvalue weighted by Gasteiger charge is -2.12. The summed E-state index contributed by atoms with van der Waals surface area (Å²) >= 11 is 0. The minimum Gasteiger partial charge on any atom is -0.300 e. The zero-order valence-corrected chi connectivity index (χ0v) is 13.5. The molecule has 0 aliphatic heterocycles. The Labute approximate surface area is 127 Å². The van der Waals surface area contributed by atoms with E-state index < -0.39 is 7.14 Å². The molecule has 0 saturated carbocycles. The molecule has 108 valence electrons. The fraction of sp³-hybridized carbons (Fsp3) is 0.263. The molecule has 0 bridgehead atoms. The molecule has 0 amide bonds. The number of benzene rings is 2. The van der Waals surface area contributed by atoms with E-state index in [2.05, 4.69) is 25.4 Å². The third kappa shape index (κ3) is 4.10. The van der Waals surface area contributed by atoms with Gasteiger partial charge in [-0.2, -0.15) is 0 Å². The summed E-state index contributed by atoms with van der Waals surface area (Å²) in [5.41, 5.74) is 3.09. The van der Waals surface area contributed by atoms with Crippen LogP contribution in [0.25, 0.3) is 0 Å². The molecule has 0 aromatic heterocycles. The van der Waals surface area contributed by atoms with Gasteiger partial charge in [-0.15, -0.1) is 0 Å². The van der Waals surface area contributed by atoms with Gasteiger partial charge in [0.1, 0.15) is 0 Å². The lowest BCUT2D eigenvalue weighted by atomic mass is 10.1. The molecule has 0 fully saturated rings. The van der Waals surface area contributed by atoms with Gasteiger partial charge in [0.15, 0.2) is 0 Å². The molecule has 0 atom stereocenters. The molecule has 2 aromatic rings. The van der Waals surface area contributed by atoms with E-state index in [9.17, 15) is 4.57 Å². The van der Waals surface area contributed by atoms with Crippen molar-refractivity contribution in [3.05, 3.63) is 60.7 Å². The molecular weight excluding hydrogens is 275 g/mol. The average molecular weight is 296 g/mol. The third-order valence-corrected chi connectivity index (χ3v) is 5.85. The van der Waals surface area contributed by atoms with Gasteiger partial charge in [-0.3, -0.25) is 4.57 Å². The van der Waals surface area contributed by atoms with E-state index in [1.54, 1.807) is 0 Å². The van der Waals surface area contributed by atoms with Gasteiger partial charge in [-0.1, -0.05) is 80.4 Å². The molecular formula is C19H21OP. The Morgan fingerprint density at radius 2 is 1.38 bits per heavy atom. The van der Waals surface area contributed by atoms with Crippen molar-refractivity contribution in [3.8, 4) is 11.6 Å². The molecule has 0 aliphatic rings. The van der Waals surface area contributed by atoms with Crippen molar-refractivity contribution < 1.29 is 4.57 Å². The predicted molar refractivity (Wildman–Crippen MR) is 91.6 cm³/mol. The first-order valence-electron chi connectivity index (χ1n) is 7.34. The normalized spacial score (nSPS) is 11.0. The molecule has 0 unspecified atom stereocenters. The van der Waals surface area contributed by atoms with E-state index in [1.807, 2.05) is 60.7 Å². The van der Waals surface area contributed by atoms with Crippen molar-refractivity contribution in [1.29, 1.82) is 0 Å². The minimum absolute atomic E-state index is 0.618. The third-order valence-electron chi connectivity index (χ3n) is 3.32. The lowest BCUT2D eigenvalue weighted by Crippen LogP contribution is -2.14. The summed E-state index contributed by atoms with van der Waals surface area (Å²) < 4.78 is 13.5. The molecule has 0 spiro atoms. The Balaban J connectivity index is 2.39. The Morgan fingerprint density at radius 3 is 1.81 bits per heavy atom. The Kier molecular flexibility index (Phi) is 5.43. The van der Waals surface area contributed by atoms with Crippen LogP contribution in [-0.4, -0.2) is 0 Å². The highest BCUT2D eigenvalue weighted by atomic mass is 31.2. The maximum Gasteiger partial charge on any atom is 0.210 e. The molecule has 0 saturated heterocycles. The maximum absolute atomic E-state index is 13.5. The second-order valence-electron chi connectivity index (χ2n) is 5.50. The van der Waals surface area contributed by atoms with Crippen LogP contribution in [0, 0.1) is 17.5 Å². The monoisotopic (exact) mass is 296 g/mol. The van der Waals surface area contributed by atoms with E-state index in [4.69, 9.17) is 0 Å². The van der Waals surface area contributed by atoms with E-state index in [0.717, 1.165) is 23.5 Å². The standard InChI is InChI=1S/C19H21OP/c1-17(2)11-9-10-16-21(20,18-12-5-3-6-13-18)19-14-7-4-8-15-19/h3-8,12-15,17H,9,11H2,1-2H3. The van der Waals surface area contributed by atoms with Crippen LogP contribution in [0.5, 0.6) is 0 Å². The van der Waals surface area contributed by atoms with Crippen molar-refractivity contribution in [1.82, 2.24) is 0 Å². The van der Waals surface area contributed by atoms with Crippen molar-refractivity contribution in [2.45, 2.75) is 26.7 Å². The van der Waals surface area contributed by atoms with E-state index >= 15 is 0 Å². The molecule has 2 rings (SSSR count). The molecule has 0 N–H and O–H groups in total. The zero-order chi connectivity index (χ0) is 15.1. The second kappa shape index (κ2) is 7.30. The van der Waals surface area contributed by atoms with Crippen LogP contribution in [0.3, 0.4) is 0 Å². The van der Waals surface area contributed by atoms with Crippen molar-refractivity contribution in [2.75, 3.05) is 0 Å². The molecule has 1 nitrogen and oxygen atoms in total. The van der Waals surface area contributed by atoms with E-state index in [-0.39, 0.29) is 0 Å². The smallest absolute Gasteiger partial charge is 0.210 e. The molecule has 21 heavy (non-hydrogen) atoms. The highest BCUT2D eigenvalue weighted by Gasteiger charge is 2.24. The molecule has 0 heterocycles. The minimum atomic E-state index is -2.85. The quantitative estimate of drug-likeness (QED) is 0.604. The van der Waals surface area contributed by atoms with Crippen LogP contribution in [-0.2, 0) is 4.57 Å². The van der Waals surface area contributed by atoms with Gasteiger partial charge in [-0.05, 0) is 18.0 Å². The highest BCUT2D eigenvalue weighted by molar-refractivity contribution is 7.83. The largest absolute Gasteiger partial charge is 0.300 e. The zero-order valence-electron chi connectivity index (χ0n) is 12.6. The van der Waals surface area contributed by atoms with Gasteiger partial charge in [0, 0.05) is 17.0 Å². The summed E-state index contributed by atoms with van der Waals surface area (Å²) in [6.45, 7) is 4.35. The first kappa shape index (κ1) is 15.6. The summed E-state index contributed by atoms with van der Waals surface area (Å²) in [5, 5.41) is 1.63. The van der Waals surface area contributed by atoms with Gasteiger partial charge in [0.05, 0.1) is 0 Å². The fourth-order valence-electron chi connectivity index (χ4n) is 2.08. The first-order valence-corrected chi connectivity index (χ1v) is 9.05. The summed E-state index contributed by atoms with van der Waals surface area (Å²) in [6, 6.07) is 19.2. The van der Waals surface area contributed by atoms with Gasteiger partial charge in [-0.25, -0.2) is 0 Å². The number of rotatable bonds is 4. The van der Waals surface area contributed by atoms with Gasteiger partial charge in [0.25, 0.3) is 0 Å². The van der Waals surface area contributed by atoms with Crippen molar-refractivity contribution in [3.63, 3.8) is 0 Å². The Bertz CT molecular complexity index is 619. The summed E-state index contributed by atoms with van der Waals surface area (Å²) in [7, 11) is -2.85. The van der Waals surface area contributed by atoms with Gasteiger partial charge >= 0.3 is 0 Å². The van der Waals surface area contributed by atoms with Gasteiger partial charge < -0.3 is 0 Å². The predicted octanol–water partition coefficient (Wildman–Crippen LogP) is 4.40. The molecule has 2 aromatic carbocycles. The van der Waals surface area contributed by atoms with Crippen LogP contribution in [0.1, 0.15) is 26.7 Å². The SMILES string of the molecule is CC(C)CCC#CP(=O)(c1ccccc1)c1ccccc1. The molecule has 0 aliphatic carbocycles. The van der Waals surface area contributed by atoms with Crippen LogP contribution in [0.2, 0.25) is 0 Å². The van der Waals surface area contributed by atoms with Crippen molar-refractivity contribution in [2.24, 2.45) is 5.92 Å². The molecule has 0 radical (unpaired) electrons. The van der Waals surface area contributed by atoms with Crippen LogP contribution >= 0.6 is 7.14 Å². The first-order chi connectivity index (χ1) is 10.1. The van der Waals surface area contributed by atoms with Crippen LogP contribution in [0.4, 0.5) is 0 Å². The Morgan fingerprint density at radius 1 is 0.905 bits per heavy atom. The lowest BCUT2D eigenvalue weighted by molar-refractivity contribution is 0.592. The summed E-state index contributed by atoms with van der Waals surface area (Å²) in [4.78, 5) is 0. The fourth-order valence-corrected chi connectivity index (χ4v) is 4.16. The Hall–Kier alpha value is -1.77. The average Bonchev–Trinajstić information content (AvgIpc) is 2.53. The van der Waals surface area contributed by atoms with E-state index in [1.165, 1.54) is 0 Å². The van der Waals surface area contributed by atoms with Crippen LogP contribution in [0.15, 0.2) is 60.7 Å².